The van der Waals surface area contributed by atoms with Crippen LogP contribution in [-0.4, -0.2) is 47.2 Å². The number of aromatic nitrogens is 1. The number of likely N-dealkylation sites (tertiary alicyclic amines) is 1. The first kappa shape index (κ1) is 15.4. The van der Waals surface area contributed by atoms with Gasteiger partial charge in [0, 0.05) is 50.1 Å². The average molecular weight is 325 g/mol. The van der Waals surface area contributed by atoms with Crippen LogP contribution in [0.4, 0.5) is 0 Å². The summed E-state index contributed by atoms with van der Waals surface area (Å²) in [5.41, 5.74) is 8.17. The topological polar surface area (TPSA) is 60.5 Å². The summed E-state index contributed by atoms with van der Waals surface area (Å²) in [5, 5.41) is 0. The number of carbonyl (C=O) groups excluding carboxylic acids is 1. The van der Waals surface area contributed by atoms with E-state index in [0.717, 1.165) is 18.5 Å². The van der Waals surface area contributed by atoms with Crippen molar-refractivity contribution in [3.8, 4) is 0 Å². The largest absolute Gasteiger partial charge is 0.381 e. The van der Waals surface area contributed by atoms with Crippen molar-refractivity contribution in [2.24, 2.45) is 11.7 Å². The van der Waals surface area contributed by atoms with Crippen LogP contribution in [0.2, 0.25) is 0 Å². The van der Waals surface area contributed by atoms with Crippen LogP contribution >= 0.6 is 0 Å². The first-order valence-corrected chi connectivity index (χ1v) is 8.50. The summed E-state index contributed by atoms with van der Waals surface area (Å²) in [6, 6.07) is 12.1. The van der Waals surface area contributed by atoms with Crippen molar-refractivity contribution in [1.82, 2.24) is 9.47 Å². The van der Waals surface area contributed by atoms with Gasteiger partial charge >= 0.3 is 0 Å². The Morgan fingerprint density at radius 3 is 2.92 bits per heavy atom. The summed E-state index contributed by atoms with van der Waals surface area (Å²) in [6.45, 7) is 3.45. The maximum atomic E-state index is 12.8. The van der Waals surface area contributed by atoms with Crippen LogP contribution < -0.4 is 5.73 Å². The van der Waals surface area contributed by atoms with Gasteiger partial charge in [0.25, 0.3) is 5.91 Å². The SMILES string of the molecule is N[C@@]12CCOC[C@@H]1CN(C(=O)c1ccn(Cc3ccccc3)c1)C2. The van der Waals surface area contributed by atoms with E-state index in [2.05, 4.69) is 12.1 Å². The van der Waals surface area contributed by atoms with E-state index in [9.17, 15) is 4.79 Å². The Bertz CT molecular complexity index is 727. The molecule has 0 saturated carbocycles. The minimum absolute atomic E-state index is 0.0704. The van der Waals surface area contributed by atoms with Gasteiger partial charge in [-0.15, -0.1) is 0 Å². The zero-order valence-electron chi connectivity index (χ0n) is 13.7. The van der Waals surface area contributed by atoms with Crippen LogP contribution in [0.1, 0.15) is 22.3 Å². The van der Waals surface area contributed by atoms with E-state index in [1.165, 1.54) is 5.56 Å². The molecule has 2 saturated heterocycles. The van der Waals surface area contributed by atoms with E-state index in [0.29, 0.717) is 26.3 Å². The monoisotopic (exact) mass is 325 g/mol. The number of amides is 1. The Kier molecular flexibility index (Phi) is 3.90. The van der Waals surface area contributed by atoms with Gasteiger partial charge in [0.2, 0.25) is 0 Å². The first-order valence-electron chi connectivity index (χ1n) is 8.50. The van der Waals surface area contributed by atoms with Gasteiger partial charge < -0.3 is 19.9 Å². The van der Waals surface area contributed by atoms with Crippen molar-refractivity contribution in [2.45, 2.75) is 18.5 Å². The summed E-state index contributed by atoms with van der Waals surface area (Å²) in [5.74, 6) is 0.322. The van der Waals surface area contributed by atoms with E-state index < -0.39 is 0 Å². The number of benzene rings is 1. The highest BCUT2D eigenvalue weighted by Crippen LogP contribution is 2.32. The van der Waals surface area contributed by atoms with Crippen molar-refractivity contribution < 1.29 is 9.53 Å². The number of hydrogen-bond acceptors (Lipinski definition) is 3. The van der Waals surface area contributed by atoms with Gasteiger partial charge in [0.15, 0.2) is 0 Å². The molecule has 0 unspecified atom stereocenters. The molecule has 2 aliphatic heterocycles. The molecule has 4 rings (SSSR count). The Balaban J connectivity index is 1.46. The smallest absolute Gasteiger partial charge is 0.255 e. The quantitative estimate of drug-likeness (QED) is 0.935. The normalized spacial score (nSPS) is 26.4. The highest BCUT2D eigenvalue weighted by Gasteiger charge is 2.47. The van der Waals surface area contributed by atoms with Crippen LogP contribution in [0.15, 0.2) is 48.8 Å². The Morgan fingerprint density at radius 1 is 1.29 bits per heavy atom. The van der Waals surface area contributed by atoms with Gasteiger partial charge in [-0.1, -0.05) is 30.3 Å². The minimum Gasteiger partial charge on any atom is -0.381 e. The van der Waals surface area contributed by atoms with Crippen LogP contribution in [0.5, 0.6) is 0 Å². The predicted octanol–water partition coefficient (Wildman–Crippen LogP) is 1.73. The fraction of sp³-hybridized carbons (Fsp3) is 0.421. The Morgan fingerprint density at radius 2 is 2.12 bits per heavy atom. The third-order valence-electron chi connectivity index (χ3n) is 5.26. The number of hydrogen-bond donors (Lipinski definition) is 1. The lowest BCUT2D eigenvalue weighted by atomic mass is 9.84. The maximum absolute atomic E-state index is 12.8. The number of fused-ring (bicyclic) bond motifs is 1. The molecule has 3 heterocycles. The van der Waals surface area contributed by atoms with Gasteiger partial charge in [-0.3, -0.25) is 4.79 Å². The molecule has 0 radical (unpaired) electrons. The van der Waals surface area contributed by atoms with Crippen LogP contribution in [0.25, 0.3) is 0 Å². The molecule has 5 heteroatoms. The molecule has 1 aromatic heterocycles. The molecule has 2 aromatic rings. The standard InChI is InChI=1S/C19H23N3O2/c20-19-7-9-24-13-17(19)12-22(14-19)18(23)16-6-8-21(11-16)10-15-4-2-1-3-5-15/h1-6,8,11,17H,7,9-10,12-14,20H2/t17-,19+/m0/s1. The summed E-state index contributed by atoms with van der Waals surface area (Å²) in [7, 11) is 0. The summed E-state index contributed by atoms with van der Waals surface area (Å²) in [4.78, 5) is 14.7. The lowest BCUT2D eigenvalue weighted by molar-refractivity contribution is 0.0241. The molecule has 0 bridgehead atoms. The molecule has 2 atom stereocenters. The molecule has 2 aliphatic rings. The van der Waals surface area contributed by atoms with E-state index in [1.54, 1.807) is 0 Å². The van der Waals surface area contributed by atoms with E-state index >= 15 is 0 Å². The lowest BCUT2D eigenvalue weighted by Gasteiger charge is -2.34. The number of ether oxygens (including phenoxy) is 1. The number of nitrogens with two attached hydrogens (primary N) is 1. The average Bonchev–Trinajstić information content (AvgIpc) is 3.19. The second-order valence-corrected chi connectivity index (χ2v) is 7.00. The molecule has 2 fully saturated rings. The fourth-order valence-electron chi connectivity index (χ4n) is 3.78. The third kappa shape index (κ3) is 2.85. The van der Waals surface area contributed by atoms with E-state index in [1.807, 2.05) is 46.1 Å². The molecule has 24 heavy (non-hydrogen) atoms. The van der Waals surface area contributed by atoms with Crippen molar-refractivity contribution in [2.75, 3.05) is 26.3 Å². The van der Waals surface area contributed by atoms with Gasteiger partial charge in [-0.2, -0.15) is 0 Å². The van der Waals surface area contributed by atoms with Gasteiger partial charge in [-0.05, 0) is 18.1 Å². The van der Waals surface area contributed by atoms with Gasteiger partial charge in [0.1, 0.15) is 0 Å². The van der Waals surface area contributed by atoms with Gasteiger partial charge in [0.05, 0.1) is 12.2 Å². The molecular formula is C19H23N3O2. The first-order chi connectivity index (χ1) is 11.6. The second-order valence-electron chi connectivity index (χ2n) is 7.00. The molecule has 2 N–H and O–H groups in total. The number of carbonyl (C=O) groups is 1. The van der Waals surface area contributed by atoms with E-state index in [-0.39, 0.29) is 17.4 Å². The molecule has 1 aromatic carbocycles. The molecule has 126 valence electrons. The maximum Gasteiger partial charge on any atom is 0.255 e. The number of nitrogens with zero attached hydrogens (tertiary/aromatic N) is 2. The Labute approximate surface area is 142 Å². The van der Waals surface area contributed by atoms with Crippen molar-refractivity contribution in [3.05, 3.63) is 59.9 Å². The van der Waals surface area contributed by atoms with Crippen molar-refractivity contribution in [3.63, 3.8) is 0 Å². The third-order valence-corrected chi connectivity index (χ3v) is 5.26. The fourth-order valence-corrected chi connectivity index (χ4v) is 3.78. The van der Waals surface area contributed by atoms with Crippen LogP contribution in [-0.2, 0) is 11.3 Å². The van der Waals surface area contributed by atoms with Crippen molar-refractivity contribution >= 4 is 5.91 Å². The highest BCUT2D eigenvalue weighted by molar-refractivity contribution is 5.94. The zero-order chi connectivity index (χ0) is 16.6. The number of rotatable bonds is 3. The molecule has 1 amide bonds. The van der Waals surface area contributed by atoms with Crippen LogP contribution in [0.3, 0.4) is 0 Å². The summed E-state index contributed by atoms with van der Waals surface area (Å²) in [6.07, 6.45) is 4.72. The summed E-state index contributed by atoms with van der Waals surface area (Å²) < 4.78 is 7.58. The second kappa shape index (κ2) is 6.07. The molecule has 5 nitrogen and oxygen atoms in total. The predicted molar refractivity (Wildman–Crippen MR) is 91.7 cm³/mol. The minimum atomic E-state index is -0.277. The lowest BCUT2D eigenvalue weighted by Crippen LogP contribution is -2.52. The van der Waals surface area contributed by atoms with Crippen LogP contribution in [0, 0.1) is 5.92 Å². The Hall–Kier alpha value is -2.11. The zero-order valence-corrected chi connectivity index (χ0v) is 13.7. The molecule has 0 spiro atoms. The summed E-state index contributed by atoms with van der Waals surface area (Å²) >= 11 is 0. The molecule has 0 aliphatic carbocycles. The molecular weight excluding hydrogens is 302 g/mol. The van der Waals surface area contributed by atoms with E-state index in [4.69, 9.17) is 10.5 Å². The van der Waals surface area contributed by atoms with Crippen molar-refractivity contribution in [1.29, 1.82) is 0 Å². The highest BCUT2D eigenvalue weighted by atomic mass is 16.5. The van der Waals surface area contributed by atoms with Gasteiger partial charge in [-0.25, -0.2) is 0 Å².